The highest BCUT2D eigenvalue weighted by atomic mass is 16.4. The quantitative estimate of drug-likeness (QED) is 0.534. The fraction of sp³-hybridized carbons (Fsp3) is 0.429. The number of carboxylic acid groups (broad SMARTS) is 1. The Morgan fingerprint density at radius 2 is 1.90 bits per heavy atom. The minimum atomic E-state index is -1.03. The van der Waals surface area contributed by atoms with Crippen molar-refractivity contribution in [3.8, 4) is 0 Å². The zero-order valence-corrected chi connectivity index (χ0v) is 11.3. The van der Waals surface area contributed by atoms with Gasteiger partial charge in [-0.3, -0.25) is 0 Å². The second kappa shape index (κ2) is 8.92. The van der Waals surface area contributed by atoms with Crippen molar-refractivity contribution < 1.29 is 14.7 Å². The Morgan fingerprint density at radius 1 is 1.20 bits per heavy atom. The number of benzene rings is 1. The van der Waals surface area contributed by atoms with E-state index in [1.807, 2.05) is 30.3 Å². The van der Waals surface area contributed by atoms with Crippen molar-refractivity contribution in [1.82, 2.24) is 10.6 Å². The number of aliphatic carboxylic acids is 1. The predicted molar refractivity (Wildman–Crippen MR) is 76.1 cm³/mol. The van der Waals surface area contributed by atoms with Crippen LogP contribution in [0.2, 0.25) is 0 Å². The Labute approximate surface area is 118 Å². The van der Waals surface area contributed by atoms with Gasteiger partial charge in [0.25, 0.3) is 0 Å². The van der Waals surface area contributed by atoms with Gasteiger partial charge in [-0.2, -0.15) is 0 Å². The highest BCUT2D eigenvalue weighted by molar-refractivity contribution is 5.82. The normalized spacial score (nSPS) is 11.7. The number of hydrogen-bond acceptors (Lipinski definition) is 3. The van der Waals surface area contributed by atoms with Crippen LogP contribution in [0.3, 0.4) is 0 Å². The lowest BCUT2D eigenvalue weighted by molar-refractivity contribution is -0.139. The average Bonchev–Trinajstić information content (AvgIpc) is 2.45. The number of unbranched alkanes of at least 4 members (excludes halogenated alkanes) is 1. The molecule has 0 heterocycles. The van der Waals surface area contributed by atoms with Crippen molar-refractivity contribution >= 4 is 12.0 Å². The summed E-state index contributed by atoms with van der Waals surface area (Å²) in [6.07, 6.45) is 1.80. The molecule has 0 aliphatic carbocycles. The molecule has 5 N–H and O–H groups in total. The van der Waals surface area contributed by atoms with E-state index < -0.39 is 18.0 Å². The van der Waals surface area contributed by atoms with Crippen molar-refractivity contribution in [1.29, 1.82) is 0 Å². The SMILES string of the molecule is NCCCCC(NC(=O)NCc1ccccc1)C(=O)O. The van der Waals surface area contributed by atoms with Gasteiger partial charge in [0.15, 0.2) is 0 Å². The van der Waals surface area contributed by atoms with Crippen LogP contribution in [0, 0.1) is 0 Å². The van der Waals surface area contributed by atoms with Crippen molar-refractivity contribution in [2.24, 2.45) is 5.73 Å². The monoisotopic (exact) mass is 279 g/mol. The minimum Gasteiger partial charge on any atom is -0.480 e. The van der Waals surface area contributed by atoms with Crippen molar-refractivity contribution in [2.45, 2.75) is 31.8 Å². The molecule has 6 nitrogen and oxygen atoms in total. The molecule has 20 heavy (non-hydrogen) atoms. The molecule has 110 valence electrons. The Balaban J connectivity index is 2.36. The second-order valence-electron chi connectivity index (χ2n) is 4.49. The van der Waals surface area contributed by atoms with Gasteiger partial charge in [0.1, 0.15) is 6.04 Å². The molecule has 0 aliphatic heterocycles. The summed E-state index contributed by atoms with van der Waals surface area (Å²) in [6, 6.07) is 8.06. The number of carboxylic acids is 1. The molecule has 0 saturated heterocycles. The number of rotatable bonds is 8. The van der Waals surface area contributed by atoms with Crippen LogP contribution >= 0.6 is 0 Å². The summed E-state index contributed by atoms with van der Waals surface area (Å²) in [7, 11) is 0. The lowest BCUT2D eigenvalue weighted by Crippen LogP contribution is -2.45. The lowest BCUT2D eigenvalue weighted by Gasteiger charge is -2.15. The molecule has 1 unspecified atom stereocenters. The van der Waals surface area contributed by atoms with Crippen molar-refractivity contribution in [3.05, 3.63) is 35.9 Å². The maximum absolute atomic E-state index is 11.7. The summed E-state index contributed by atoms with van der Waals surface area (Å²) in [6.45, 7) is 0.883. The Hall–Kier alpha value is -2.08. The Bertz CT molecular complexity index is 423. The molecule has 1 aromatic rings. The predicted octanol–water partition coefficient (Wildman–Crippen LogP) is 1.07. The van der Waals surface area contributed by atoms with Crippen molar-refractivity contribution in [2.75, 3.05) is 6.54 Å². The van der Waals surface area contributed by atoms with E-state index in [2.05, 4.69) is 10.6 Å². The summed E-state index contributed by atoms with van der Waals surface area (Å²) in [5, 5.41) is 14.1. The molecule has 0 fully saturated rings. The molecule has 0 aromatic heterocycles. The number of nitrogens with one attached hydrogen (secondary N) is 2. The van der Waals surface area contributed by atoms with E-state index in [1.165, 1.54) is 0 Å². The largest absolute Gasteiger partial charge is 0.480 e. The number of carbonyl (C=O) groups excluding carboxylic acids is 1. The fourth-order valence-corrected chi connectivity index (χ4v) is 1.74. The smallest absolute Gasteiger partial charge is 0.326 e. The summed E-state index contributed by atoms with van der Waals surface area (Å²) < 4.78 is 0. The molecule has 2 amide bonds. The molecular formula is C14H21N3O3. The summed E-state index contributed by atoms with van der Waals surface area (Å²) in [5.41, 5.74) is 6.31. The Kier molecular flexibility index (Phi) is 7.13. The number of hydrogen-bond donors (Lipinski definition) is 4. The fourth-order valence-electron chi connectivity index (χ4n) is 1.74. The van der Waals surface area contributed by atoms with Crippen LogP contribution < -0.4 is 16.4 Å². The van der Waals surface area contributed by atoms with E-state index >= 15 is 0 Å². The zero-order valence-electron chi connectivity index (χ0n) is 11.3. The third-order valence-electron chi connectivity index (χ3n) is 2.85. The van der Waals surface area contributed by atoms with Crippen molar-refractivity contribution in [3.63, 3.8) is 0 Å². The third-order valence-corrected chi connectivity index (χ3v) is 2.85. The van der Waals surface area contributed by atoms with Crippen LogP contribution in [-0.4, -0.2) is 29.7 Å². The molecule has 1 aromatic carbocycles. The van der Waals surface area contributed by atoms with E-state index in [9.17, 15) is 9.59 Å². The van der Waals surface area contributed by atoms with Gasteiger partial charge >= 0.3 is 12.0 Å². The number of amides is 2. The second-order valence-corrected chi connectivity index (χ2v) is 4.49. The maximum atomic E-state index is 11.7. The number of carbonyl (C=O) groups is 2. The first kappa shape index (κ1) is 16.0. The molecular weight excluding hydrogens is 258 g/mol. The molecule has 0 spiro atoms. The maximum Gasteiger partial charge on any atom is 0.326 e. The lowest BCUT2D eigenvalue weighted by atomic mass is 10.1. The molecule has 0 bridgehead atoms. The Morgan fingerprint density at radius 3 is 2.50 bits per heavy atom. The summed E-state index contributed by atoms with van der Waals surface area (Å²) in [5.74, 6) is -1.03. The topological polar surface area (TPSA) is 104 Å². The first-order valence-corrected chi connectivity index (χ1v) is 6.64. The standard InChI is InChI=1S/C14H21N3O3/c15-9-5-4-8-12(13(18)19)17-14(20)16-10-11-6-2-1-3-7-11/h1-3,6-7,12H,4-5,8-10,15H2,(H,18,19)(H2,16,17,20). The van der Waals surface area contributed by atoms with Crippen LogP contribution in [0.15, 0.2) is 30.3 Å². The van der Waals surface area contributed by atoms with E-state index in [0.29, 0.717) is 25.9 Å². The van der Waals surface area contributed by atoms with E-state index in [4.69, 9.17) is 10.8 Å². The van der Waals surface area contributed by atoms with Gasteiger partial charge in [-0.15, -0.1) is 0 Å². The van der Waals surface area contributed by atoms with Crippen LogP contribution in [0.25, 0.3) is 0 Å². The average molecular weight is 279 g/mol. The highest BCUT2D eigenvalue weighted by Gasteiger charge is 2.18. The van der Waals surface area contributed by atoms with E-state index in [0.717, 1.165) is 12.0 Å². The first-order chi connectivity index (χ1) is 9.63. The highest BCUT2D eigenvalue weighted by Crippen LogP contribution is 2.01. The van der Waals surface area contributed by atoms with Gasteiger partial charge in [0, 0.05) is 6.54 Å². The molecule has 0 saturated carbocycles. The molecule has 6 heteroatoms. The zero-order chi connectivity index (χ0) is 14.8. The van der Waals surface area contributed by atoms with Gasteiger partial charge in [-0.1, -0.05) is 30.3 Å². The summed E-state index contributed by atoms with van der Waals surface area (Å²) in [4.78, 5) is 22.7. The van der Waals surface area contributed by atoms with Gasteiger partial charge in [-0.25, -0.2) is 9.59 Å². The van der Waals surface area contributed by atoms with Crippen LogP contribution in [0.4, 0.5) is 4.79 Å². The molecule has 0 radical (unpaired) electrons. The van der Waals surface area contributed by atoms with Gasteiger partial charge in [0.05, 0.1) is 0 Å². The summed E-state index contributed by atoms with van der Waals surface area (Å²) >= 11 is 0. The minimum absolute atomic E-state index is 0.363. The van der Waals surface area contributed by atoms with E-state index in [-0.39, 0.29) is 0 Å². The first-order valence-electron chi connectivity index (χ1n) is 6.64. The molecule has 1 atom stereocenters. The van der Waals surface area contributed by atoms with Crippen LogP contribution in [0.5, 0.6) is 0 Å². The third kappa shape index (κ3) is 6.19. The van der Waals surface area contributed by atoms with Gasteiger partial charge in [0.2, 0.25) is 0 Å². The van der Waals surface area contributed by atoms with E-state index in [1.54, 1.807) is 0 Å². The number of urea groups is 1. The molecule has 0 aliphatic rings. The van der Waals surface area contributed by atoms with Crippen LogP contribution in [0.1, 0.15) is 24.8 Å². The molecule has 1 rings (SSSR count). The van der Waals surface area contributed by atoms with Crippen LogP contribution in [-0.2, 0) is 11.3 Å². The van der Waals surface area contributed by atoms with Gasteiger partial charge < -0.3 is 21.5 Å². The van der Waals surface area contributed by atoms with Gasteiger partial charge in [-0.05, 0) is 31.4 Å². The number of nitrogens with two attached hydrogens (primary N) is 1.